The number of hydrogen-bond donors (Lipinski definition) is 1. The van der Waals surface area contributed by atoms with Crippen molar-refractivity contribution >= 4 is 11.9 Å². The molecule has 4 rings (SSSR count). The highest BCUT2D eigenvalue weighted by Gasteiger charge is 2.44. The second-order valence-electron chi connectivity index (χ2n) is 9.39. The van der Waals surface area contributed by atoms with E-state index < -0.39 is 12.1 Å². The topological polar surface area (TPSA) is 79.3 Å². The Morgan fingerprint density at radius 3 is 2.58 bits per heavy atom. The number of likely N-dealkylation sites (tertiary alicyclic amines) is 1. The highest BCUT2D eigenvalue weighted by molar-refractivity contribution is 5.89. The molecule has 1 amide bonds. The van der Waals surface area contributed by atoms with E-state index in [0.717, 1.165) is 13.1 Å². The number of fused-ring (bicyclic) bond motifs is 1. The third-order valence-corrected chi connectivity index (χ3v) is 7.31. The fourth-order valence-corrected chi connectivity index (χ4v) is 5.50. The van der Waals surface area contributed by atoms with Crippen LogP contribution in [0.25, 0.3) is 0 Å². The molecule has 2 saturated carbocycles. The Kier molecular flexibility index (Phi) is 6.82. The summed E-state index contributed by atoms with van der Waals surface area (Å²) < 4.78 is 10.8. The monoisotopic (exact) mass is 430 g/mol. The number of carbonyl (C=O) groups excluding carboxylic acids is 2. The molecule has 3 aliphatic rings. The van der Waals surface area contributed by atoms with Crippen LogP contribution in [0.2, 0.25) is 0 Å². The van der Waals surface area contributed by atoms with E-state index in [2.05, 4.69) is 11.9 Å². The van der Waals surface area contributed by atoms with Crippen LogP contribution in [0.4, 0.5) is 0 Å². The lowest BCUT2D eigenvalue weighted by atomic mass is 9.78. The predicted molar refractivity (Wildman–Crippen MR) is 116 cm³/mol. The van der Waals surface area contributed by atoms with E-state index in [1.807, 2.05) is 4.90 Å². The van der Waals surface area contributed by atoms with E-state index in [4.69, 9.17) is 9.47 Å². The van der Waals surface area contributed by atoms with E-state index in [9.17, 15) is 14.7 Å². The van der Waals surface area contributed by atoms with Gasteiger partial charge in [-0.1, -0.05) is 18.9 Å². The van der Waals surface area contributed by atoms with Crippen molar-refractivity contribution in [3.8, 4) is 5.75 Å². The average molecular weight is 431 g/mol. The van der Waals surface area contributed by atoms with Gasteiger partial charge in [0.2, 0.25) is 5.91 Å². The quantitative estimate of drug-likeness (QED) is 0.698. The van der Waals surface area contributed by atoms with Crippen molar-refractivity contribution in [1.29, 1.82) is 0 Å². The SMILES string of the molecule is COC(=O)c1cccc(O[C@@H]2C[C@@H]3CN(C(=O)CN(C)C4CCCC4)C[C@@H]3C[C@H]2O)c1. The molecule has 1 aliphatic heterocycles. The van der Waals surface area contributed by atoms with Gasteiger partial charge in [0, 0.05) is 19.1 Å². The van der Waals surface area contributed by atoms with Gasteiger partial charge in [0.05, 0.1) is 25.3 Å². The summed E-state index contributed by atoms with van der Waals surface area (Å²) in [6.07, 6.45) is 5.32. The molecule has 0 aromatic heterocycles. The number of aliphatic hydroxyl groups excluding tert-OH is 1. The van der Waals surface area contributed by atoms with Gasteiger partial charge in [-0.2, -0.15) is 0 Å². The number of hydrogen-bond acceptors (Lipinski definition) is 6. The van der Waals surface area contributed by atoms with Crippen LogP contribution in [-0.2, 0) is 9.53 Å². The molecule has 4 atom stereocenters. The van der Waals surface area contributed by atoms with Crippen LogP contribution in [0, 0.1) is 11.8 Å². The van der Waals surface area contributed by atoms with Crippen LogP contribution in [0.5, 0.6) is 5.75 Å². The van der Waals surface area contributed by atoms with Gasteiger partial charge < -0.3 is 19.5 Å². The fraction of sp³-hybridized carbons (Fsp3) is 0.667. The molecule has 0 unspecified atom stereocenters. The Balaban J connectivity index is 1.33. The first-order chi connectivity index (χ1) is 14.9. The molecule has 1 saturated heterocycles. The lowest BCUT2D eigenvalue weighted by molar-refractivity contribution is -0.131. The van der Waals surface area contributed by atoms with Crippen LogP contribution in [0.1, 0.15) is 48.9 Å². The average Bonchev–Trinajstić information content (AvgIpc) is 3.43. The second kappa shape index (κ2) is 9.57. The normalized spacial score (nSPS) is 28.6. The Morgan fingerprint density at radius 1 is 1.16 bits per heavy atom. The summed E-state index contributed by atoms with van der Waals surface area (Å²) in [5.41, 5.74) is 0.423. The van der Waals surface area contributed by atoms with Gasteiger partial charge in [-0.15, -0.1) is 0 Å². The highest BCUT2D eigenvalue weighted by atomic mass is 16.5. The van der Waals surface area contributed by atoms with Gasteiger partial charge in [0.25, 0.3) is 0 Å². The van der Waals surface area contributed by atoms with Crippen molar-refractivity contribution in [3.05, 3.63) is 29.8 Å². The number of carbonyl (C=O) groups is 2. The van der Waals surface area contributed by atoms with Gasteiger partial charge in [-0.05, 0) is 62.8 Å². The zero-order valence-corrected chi connectivity index (χ0v) is 18.5. The number of rotatable bonds is 6. The van der Waals surface area contributed by atoms with Crippen molar-refractivity contribution in [2.75, 3.05) is 33.8 Å². The van der Waals surface area contributed by atoms with E-state index in [-0.39, 0.29) is 12.0 Å². The number of methoxy groups -OCH3 is 1. The minimum Gasteiger partial charge on any atom is -0.488 e. The van der Waals surface area contributed by atoms with Crippen molar-refractivity contribution in [3.63, 3.8) is 0 Å². The van der Waals surface area contributed by atoms with E-state index >= 15 is 0 Å². The van der Waals surface area contributed by atoms with E-state index in [0.29, 0.717) is 48.6 Å². The second-order valence-corrected chi connectivity index (χ2v) is 9.39. The maximum Gasteiger partial charge on any atom is 0.337 e. The minimum atomic E-state index is -0.584. The van der Waals surface area contributed by atoms with Crippen LogP contribution < -0.4 is 4.74 Å². The summed E-state index contributed by atoms with van der Waals surface area (Å²) >= 11 is 0. The van der Waals surface area contributed by atoms with Crippen molar-refractivity contribution in [2.24, 2.45) is 11.8 Å². The molecule has 170 valence electrons. The molecule has 2 aliphatic carbocycles. The number of likely N-dealkylation sites (N-methyl/N-ethyl adjacent to an activating group) is 1. The Morgan fingerprint density at radius 2 is 1.87 bits per heavy atom. The number of esters is 1. The highest BCUT2D eigenvalue weighted by Crippen LogP contribution is 2.38. The molecular formula is C24H34N2O5. The van der Waals surface area contributed by atoms with Crippen molar-refractivity contribution in [1.82, 2.24) is 9.80 Å². The Bertz CT molecular complexity index is 794. The Hall–Kier alpha value is -2.12. The van der Waals surface area contributed by atoms with Crippen LogP contribution in [0.3, 0.4) is 0 Å². The largest absolute Gasteiger partial charge is 0.488 e. The number of ether oxygens (including phenoxy) is 2. The lowest BCUT2D eigenvalue weighted by Gasteiger charge is -2.35. The Labute approximate surface area is 184 Å². The van der Waals surface area contributed by atoms with Crippen molar-refractivity contribution < 1.29 is 24.2 Å². The molecule has 7 nitrogen and oxygen atoms in total. The van der Waals surface area contributed by atoms with Gasteiger partial charge in [-0.25, -0.2) is 4.79 Å². The first-order valence-electron chi connectivity index (χ1n) is 11.5. The van der Waals surface area contributed by atoms with Gasteiger partial charge >= 0.3 is 5.97 Å². The predicted octanol–water partition coefficient (Wildman–Crippen LogP) is 2.32. The fourth-order valence-electron chi connectivity index (χ4n) is 5.50. The third-order valence-electron chi connectivity index (χ3n) is 7.31. The standard InChI is InChI=1S/C24H34N2O5/c1-25(19-7-3-4-8-19)15-23(28)26-13-17-11-21(27)22(12-18(17)14-26)31-20-9-5-6-16(10-20)24(29)30-2/h5-6,9-10,17-19,21-22,27H,3-4,7-8,11-15H2,1-2H3/t17-,18+,21+,22+/m0/s1. The summed E-state index contributed by atoms with van der Waals surface area (Å²) in [6.45, 7) is 1.94. The summed E-state index contributed by atoms with van der Waals surface area (Å²) in [4.78, 5) is 28.8. The molecular weight excluding hydrogens is 396 g/mol. The van der Waals surface area contributed by atoms with Crippen LogP contribution >= 0.6 is 0 Å². The molecule has 7 heteroatoms. The smallest absolute Gasteiger partial charge is 0.337 e. The van der Waals surface area contributed by atoms with E-state index in [1.165, 1.54) is 32.8 Å². The molecule has 0 radical (unpaired) electrons. The zero-order valence-electron chi connectivity index (χ0n) is 18.5. The zero-order chi connectivity index (χ0) is 22.0. The minimum absolute atomic E-state index is 0.196. The van der Waals surface area contributed by atoms with Crippen LogP contribution in [-0.4, -0.2) is 78.8 Å². The van der Waals surface area contributed by atoms with Gasteiger partial charge in [0.15, 0.2) is 0 Å². The molecule has 0 spiro atoms. The first-order valence-corrected chi connectivity index (χ1v) is 11.5. The third kappa shape index (κ3) is 5.04. The molecule has 1 N–H and O–H groups in total. The molecule has 3 fully saturated rings. The van der Waals surface area contributed by atoms with Crippen molar-refractivity contribution in [2.45, 2.75) is 56.8 Å². The molecule has 31 heavy (non-hydrogen) atoms. The molecule has 1 aromatic carbocycles. The number of amides is 1. The number of benzene rings is 1. The molecule has 1 heterocycles. The molecule has 0 bridgehead atoms. The summed E-state index contributed by atoms with van der Waals surface area (Å²) in [5, 5.41) is 10.7. The molecule has 1 aromatic rings. The summed E-state index contributed by atoms with van der Waals surface area (Å²) in [5.74, 6) is 0.980. The maximum absolute atomic E-state index is 12.9. The van der Waals surface area contributed by atoms with E-state index in [1.54, 1.807) is 24.3 Å². The summed E-state index contributed by atoms with van der Waals surface area (Å²) in [6, 6.07) is 7.39. The summed E-state index contributed by atoms with van der Waals surface area (Å²) in [7, 11) is 3.41. The first kappa shape index (κ1) is 22.1. The van der Waals surface area contributed by atoms with Crippen LogP contribution in [0.15, 0.2) is 24.3 Å². The van der Waals surface area contributed by atoms with Gasteiger partial charge in [-0.3, -0.25) is 9.69 Å². The maximum atomic E-state index is 12.9. The van der Waals surface area contributed by atoms with Gasteiger partial charge in [0.1, 0.15) is 11.9 Å². The lowest BCUT2D eigenvalue weighted by Crippen LogP contribution is -2.42. The number of aliphatic hydroxyl groups is 1. The number of nitrogens with zero attached hydrogens (tertiary/aromatic N) is 2.